The second kappa shape index (κ2) is 5.55. The second-order valence-corrected chi connectivity index (χ2v) is 4.30. The summed E-state index contributed by atoms with van der Waals surface area (Å²) in [6.07, 6.45) is 1.33. The molecule has 0 fully saturated rings. The number of hydrogen-bond acceptors (Lipinski definition) is 3. The van der Waals surface area contributed by atoms with Crippen LogP contribution in [-0.2, 0) is 0 Å². The highest BCUT2D eigenvalue weighted by atomic mass is 79.9. The molecular formula is C11H7BrClN3. The quantitative estimate of drug-likeness (QED) is 0.845. The molecule has 16 heavy (non-hydrogen) atoms. The van der Waals surface area contributed by atoms with Crippen LogP contribution in [0.3, 0.4) is 0 Å². The Balaban J connectivity index is 3.05. The highest BCUT2D eigenvalue weighted by molar-refractivity contribution is 9.10. The SMILES string of the molecule is Cc1cc(Br)cc(NC=C(C#N)C#N)c1Cl. The molecule has 0 amide bonds. The third kappa shape index (κ3) is 3.00. The van der Waals surface area contributed by atoms with Gasteiger partial charge in [-0.1, -0.05) is 27.5 Å². The zero-order chi connectivity index (χ0) is 12.1. The molecule has 0 spiro atoms. The molecule has 1 rings (SSSR count). The Morgan fingerprint density at radius 3 is 2.62 bits per heavy atom. The van der Waals surface area contributed by atoms with E-state index in [1.54, 1.807) is 18.2 Å². The molecule has 0 bridgehead atoms. The van der Waals surface area contributed by atoms with Gasteiger partial charge < -0.3 is 5.32 Å². The number of benzene rings is 1. The van der Waals surface area contributed by atoms with Gasteiger partial charge in [0.25, 0.3) is 0 Å². The molecule has 1 aromatic rings. The van der Waals surface area contributed by atoms with Crippen LogP contribution in [0.15, 0.2) is 28.4 Å². The summed E-state index contributed by atoms with van der Waals surface area (Å²) in [6, 6.07) is 7.16. The van der Waals surface area contributed by atoms with Gasteiger partial charge in [0.1, 0.15) is 17.7 Å². The topological polar surface area (TPSA) is 59.6 Å². The van der Waals surface area contributed by atoms with Gasteiger partial charge in [0.05, 0.1) is 10.7 Å². The predicted molar refractivity (Wildman–Crippen MR) is 66.8 cm³/mol. The first kappa shape index (κ1) is 12.6. The van der Waals surface area contributed by atoms with Crippen LogP contribution in [-0.4, -0.2) is 0 Å². The maximum atomic E-state index is 8.56. The summed E-state index contributed by atoms with van der Waals surface area (Å²) in [7, 11) is 0. The van der Waals surface area contributed by atoms with Crippen molar-refractivity contribution in [3.8, 4) is 12.1 Å². The number of nitrogens with one attached hydrogen (secondary N) is 1. The zero-order valence-electron chi connectivity index (χ0n) is 8.38. The van der Waals surface area contributed by atoms with Crippen LogP contribution in [0.1, 0.15) is 5.56 Å². The lowest BCUT2D eigenvalue weighted by molar-refractivity contribution is 1.41. The van der Waals surface area contributed by atoms with Crippen molar-refractivity contribution in [3.05, 3.63) is 39.0 Å². The van der Waals surface area contributed by atoms with Crippen LogP contribution in [0.2, 0.25) is 5.02 Å². The van der Waals surface area contributed by atoms with E-state index in [1.807, 2.05) is 13.0 Å². The highest BCUT2D eigenvalue weighted by Gasteiger charge is 2.04. The van der Waals surface area contributed by atoms with Gasteiger partial charge in [0, 0.05) is 10.7 Å². The molecule has 0 aliphatic heterocycles. The smallest absolute Gasteiger partial charge is 0.145 e. The summed E-state index contributed by atoms with van der Waals surface area (Å²) in [5.74, 6) is 0. The van der Waals surface area contributed by atoms with E-state index in [4.69, 9.17) is 22.1 Å². The first-order chi connectivity index (χ1) is 7.58. The minimum atomic E-state index is -0.00584. The maximum Gasteiger partial charge on any atom is 0.145 e. The third-order valence-corrected chi connectivity index (χ3v) is 2.79. The van der Waals surface area contributed by atoms with Crippen LogP contribution in [0.4, 0.5) is 5.69 Å². The fourth-order valence-electron chi connectivity index (χ4n) is 1.07. The molecule has 0 radical (unpaired) electrons. The minimum absolute atomic E-state index is 0.00584. The first-order valence-corrected chi connectivity index (χ1v) is 5.48. The molecule has 0 aliphatic rings. The fourth-order valence-corrected chi connectivity index (χ4v) is 1.81. The Bertz CT molecular complexity index is 507. The summed E-state index contributed by atoms with van der Waals surface area (Å²) in [5.41, 5.74) is 1.55. The molecule has 0 atom stereocenters. The first-order valence-electron chi connectivity index (χ1n) is 4.31. The van der Waals surface area contributed by atoms with Crippen molar-refractivity contribution in [1.29, 1.82) is 10.5 Å². The Kier molecular flexibility index (Phi) is 4.37. The van der Waals surface area contributed by atoms with E-state index >= 15 is 0 Å². The van der Waals surface area contributed by atoms with Crippen LogP contribution in [0.5, 0.6) is 0 Å². The highest BCUT2D eigenvalue weighted by Crippen LogP contribution is 2.29. The van der Waals surface area contributed by atoms with Crippen molar-refractivity contribution in [3.63, 3.8) is 0 Å². The monoisotopic (exact) mass is 295 g/mol. The number of halogens is 2. The molecule has 0 aliphatic carbocycles. The van der Waals surface area contributed by atoms with E-state index < -0.39 is 0 Å². The van der Waals surface area contributed by atoms with E-state index in [9.17, 15) is 0 Å². The molecule has 1 aromatic carbocycles. The van der Waals surface area contributed by atoms with Crippen LogP contribution in [0, 0.1) is 29.6 Å². The Morgan fingerprint density at radius 1 is 1.44 bits per heavy atom. The number of nitriles is 2. The second-order valence-electron chi connectivity index (χ2n) is 3.01. The van der Waals surface area contributed by atoms with E-state index in [-0.39, 0.29) is 5.57 Å². The number of hydrogen-bond donors (Lipinski definition) is 1. The molecule has 1 N–H and O–H groups in total. The molecule has 0 saturated heterocycles. The molecular weight excluding hydrogens is 289 g/mol. The molecule has 0 saturated carbocycles. The summed E-state index contributed by atoms with van der Waals surface area (Å²) >= 11 is 9.40. The number of aryl methyl sites for hydroxylation is 1. The summed E-state index contributed by atoms with van der Waals surface area (Å²) in [5, 5.41) is 20.5. The van der Waals surface area contributed by atoms with Gasteiger partial charge in [0.2, 0.25) is 0 Å². The van der Waals surface area contributed by atoms with Gasteiger partial charge in [-0.05, 0) is 24.6 Å². The minimum Gasteiger partial charge on any atom is -0.359 e. The Hall–Kier alpha value is -1.49. The van der Waals surface area contributed by atoms with E-state index in [0.717, 1.165) is 10.0 Å². The average molecular weight is 297 g/mol. The van der Waals surface area contributed by atoms with Gasteiger partial charge in [0.15, 0.2) is 0 Å². The van der Waals surface area contributed by atoms with Crippen LogP contribution >= 0.6 is 27.5 Å². The number of rotatable bonds is 2. The summed E-state index contributed by atoms with van der Waals surface area (Å²) < 4.78 is 0.876. The predicted octanol–water partition coefficient (Wildman–Crippen LogP) is 3.75. The van der Waals surface area contributed by atoms with Gasteiger partial charge in [-0.15, -0.1) is 0 Å². The van der Waals surface area contributed by atoms with E-state index in [1.165, 1.54) is 6.20 Å². The van der Waals surface area contributed by atoms with Gasteiger partial charge in [-0.2, -0.15) is 10.5 Å². The third-order valence-electron chi connectivity index (χ3n) is 1.83. The van der Waals surface area contributed by atoms with Crippen LogP contribution < -0.4 is 5.32 Å². The van der Waals surface area contributed by atoms with Crippen molar-refractivity contribution >= 4 is 33.2 Å². The molecule has 5 heteroatoms. The van der Waals surface area contributed by atoms with Crippen molar-refractivity contribution in [2.75, 3.05) is 5.32 Å². The van der Waals surface area contributed by atoms with Crippen molar-refractivity contribution in [1.82, 2.24) is 0 Å². The average Bonchev–Trinajstić information content (AvgIpc) is 2.26. The molecule has 3 nitrogen and oxygen atoms in total. The lowest BCUT2D eigenvalue weighted by atomic mass is 10.2. The van der Waals surface area contributed by atoms with Crippen molar-refractivity contribution in [2.45, 2.75) is 6.92 Å². The Morgan fingerprint density at radius 2 is 2.06 bits per heavy atom. The van der Waals surface area contributed by atoms with Crippen molar-refractivity contribution in [2.24, 2.45) is 0 Å². The van der Waals surface area contributed by atoms with Gasteiger partial charge in [-0.25, -0.2) is 0 Å². The van der Waals surface area contributed by atoms with Gasteiger partial charge >= 0.3 is 0 Å². The lowest BCUT2D eigenvalue weighted by Crippen LogP contribution is -1.92. The molecule has 0 unspecified atom stereocenters. The zero-order valence-corrected chi connectivity index (χ0v) is 10.7. The normalized spacial score (nSPS) is 8.81. The van der Waals surface area contributed by atoms with Gasteiger partial charge in [-0.3, -0.25) is 0 Å². The maximum absolute atomic E-state index is 8.56. The molecule has 0 heterocycles. The van der Waals surface area contributed by atoms with E-state index in [0.29, 0.717) is 10.7 Å². The molecule has 0 aromatic heterocycles. The van der Waals surface area contributed by atoms with Crippen LogP contribution in [0.25, 0.3) is 0 Å². The summed E-state index contributed by atoms with van der Waals surface area (Å²) in [4.78, 5) is 0. The van der Waals surface area contributed by atoms with Crippen molar-refractivity contribution < 1.29 is 0 Å². The fraction of sp³-hybridized carbons (Fsp3) is 0.0909. The number of nitrogens with zero attached hydrogens (tertiary/aromatic N) is 2. The molecule has 80 valence electrons. The number of anilines is 1. The number of allylic oxidation sites excluding steroid dienone is 1. The lowest BCUT2D eigenvalue weighted by Gasteiger charge is -2.07. The summed E-state index contributed by atoms with van der Waals surface area (Å²) in [6.45, 7) is 1.87. The standard InChI is InChI=1S/C11H7BrClN3/c1-7-2-9(12)3-10(11(7)13)16-6-8(4-14)5-15/h2-3,6,16H,1H3. The largest absolute Gasteiger partial charge is 0.359 e. The Labute approximate surface area is 107 Å². The van der Waals surface area contributed by atoms with E-state index in [2.05, 4.69) is 21.2 Å².